The van der Waals surface area contributed by atoms with E-state index in [1.807, 2.05) is 52.1 Å². The molecule has 3 heterocycles. The zero-order chi connectivity index (χ0) is 20.5. The van der Waals surface area contributed by atoms with Gasteiger partial charge in [-0.15, -0.1) is 22.7 Å². The predicted octanol–water partition coefficient (Wildman–Crippen LogP) is 4.82. The number of carbonyl (C=O) groups excluding carboxylic acids is 2. The van der Waals surface area contributed by atoms with Gasteiger partial charge in [-0.05, 0) is 30.9 Å². The molecule has 3 rings (SSSR count). The molecule has 0 unspecified atom stereocenters. The first-order chi connectivity index (χ1) is 13.2. The molecule has 1 amide bonds. The second-order valence-corrected chi connectivity index (χ2v) is 9.43. The molecule has 0 saturated heterocycles. The van der Waals surface area contributed by atoms with Crippen LogP contribution in [0.3, 0.4) is 0 Å². The minimum absolute atomic E-state index is 0.116. The van der Waals surface area contributed by atoms with Crippen molar-refractivity contribution in [2.24, 2.45) is 5.41 Å². The highest BCUT2D eigenvalue weighted by atomic mass is 32.1. The van der Waals surface area contributed by atoms with E-state index >= 15 is 0 Å². The summed E-state index contributed by atoms with van der Waals surface area (Å²) in [5.74, 6) is -0.0292. The third-order valence-corrected chi connectivity index (χ3v) is 6.01. The summed E-state index contributed by atoms with van der Waals surface area (Å²) in [7, 11) is 0. The Kier molecular flexibility index (Phi) is 5.66. The molecule has 0 radical (unpaired) electrons. The summed E-state index contributed by atoms with van der Waals surface area (Å²) in [5.41, 5.74) is 0.573. The second kappa shape index (κ2) is 7.84. The summed E-state index contributed by atoms with van der Waals surface area (Å²) in [6, 6.07) is 3.76. The lowest BCUT2D eigenvalue weighted by Crippen LogP contribution is -2.28. The Labute approximate surface area is 170 Å². The van der Waals surface area contributed by atoms with Crippen molar-refractivity contribution in [3.8, 4) is 10.8 Å². The fourth-order valence-corrected chi connectivity index (χ4v) is 3.95. The number of aromatic nitrogens is 2. The van der Waals surface area contributed by atoms with E-state index < -0.39 is 11.4 Å². The largest absolute Gasteiger partial charge is 0.454 e. The Balaban J connectivity index is 1.73. The highest BCUT2D eigenvalue weighted by molar-refractivity contribution is 7.16. The first-order valence-electron chi connectivity index (χ1n) is 8.62. The molecular formula is C19H21N3O4S2. The van der Waals surface area contributed by atoms with Gasteiger partial charge in [-0.1, -0.05) is 32.0 Å². The number of hydrogen-bond acceptors (Lipinski definition) is 8. The van der Waals surface area contributed by atoms with E-state index in [4.69, 9.17) is 9.26 Å². The van der Waals surface area contributed by atoms with Gasteiger partial charge in [-0.2, -0.15) is 4.98 Å². The number of ether oxygens (including phenoxy) is 1. The molecule has 3 aromatic heterocycles. The molecule has 0 aliphatic carbocycles. The molecule has 0 spiro atoms. The number of hydrogen-bond donors (Lipinski definition) is 1. The zero-order valence-corrected chi connectivity index (χ0v) is 17.9. The zero-order valence-electron chi connectivity index (χ0n) is 16.3. The number of thiophene rings is 2. The third-order valence-electron chi connectivity index (χ3n) is 4.03. The number of carbonyl (C=O) groups is 2. The van der Waals surface area contributed by atoms with Crippen LogP contribution >= 0.6 is 22.7 Å². The number of nitrogens with zero attached hydrogens (tertiary/aromatic N) is 2. The summed E-state index contributed by atoms with van der Waals surface area (Å²) >= 11 is 2.84. The lowest BCUT2D eigenvalue weighted by Gasteiger charge is -2.17. The Bertz CT molecular complexity index is 997. The number of amides is 1. The number of esters is 1. The van der Waals surface area contributed by atoms with Gasteiger partial charge in [-0.3, -0.25) is 4.79 Å². The van der Waals surface area contributed by atoms with Crippen LogP contribution in [0.4, 0.5) is 5.00 Å². The minimum Gasteiger partial charge on any atom is -0.454 e. The van der Waals surface area contributed by atoms with E-state index in [9.17, 15) is 9.59 Å². The van der Waals surface area contributed by atoms with E-state index in [0.717, 1.165) is 15.3 Å². The maximum Gasteiger partial charge on any atom is 0.341 e. The molecule has 1 N–H and O–H groups in total. The van der Waals surface area contributed by atoms with Gasteiger partial charge < -0.3 is 14.6 Å². The number of nitrogens with one attached hydrogen (secondary N) is 1. The van der Waals surface area contributed by atoms with Crippen LogP contribution in [0.5, 0.6) is 0 Å². The summed E-state index contributed by atoms with van der Waals surface area (Å²) < 4.78 is 10.6. The molecule has 0 saturated carbocycles. The second-order valence-electron chi connectivity index (χ2n) is 7.26. The fraction of sp³-hybridized carbons (Fsp3) is 0.368. The lowest BCUT2D eigenvalue weighted by molar-refractivity contribution is -0.123. The average Bonchev–Trinajstić information content (AvgIpc) is 3.34. The van der Waals surface area contributed by atoms with Crippen molar-refractivity contribution >= 4 is 39.6 Å². The van der Waals surface area contributed by atoms with E-state index in [1.54, 1.807) is 0 Å². The van der Waals surface area contributed by atoms with Gasteiger partial charge >= 0.3 is 5.97 Å². The van der Waals surface area contributed by atoms with Gasteiger partial charge in [0.25, 0.3) is 5.89 Å². The van der Waals surface area contributed by atoms with Gasteiger partial charge in [-0.25, -0.2) is 4.79 Å². The molecular weight excluding hydrogens is 398 g/mol. The van der Waals surface area contributed by atoms with Crippen LogP contribution in [0.1, 0.15) is 47.4 Å². The van der Waals surface area contributed by atoms with Gasteiger partial charge in [0.05, 0.1) is 10.4 Å². The molecule has 28 heavy (non-hydrogen) atoms. The highest BCUT2D eigenvalue weighted by Gasteiger charge is 2.27. The van der Waals surface area contributed by atoms with Crippen molar-refractivity contribution < 1.29 is 18.8 Å². The first-order valence-corrected chi connectivity index (χ1v) is 10.3. The smallest absolute Gasteiger partial charge is 0.341 e. The van der Waals surface area contributed by atoms with Crippen LogP contribution in [0.25, 0.3) is 10.8 Å². The predicted molar refractivity (Wildman–Crippen MR) is 109 cm³/mol. The standard InChI is InChI=1S/C19H21N3O4S2/c1-10-11(2)28-16(21-18(24)19(3,4)5)14(10)17(23)25-9-13-20-15(26-22-13)12-7-6-8-27-12/h6-8H,9H2,1-5H3,(H,21,24). The van der Waals surface area contributed by atoms with Crippen molar-refractivity contribution in [3.05, 3.63) is 39.3 Å². The van der Waals surface area contributed by atoms with E-state index in [2.05, 4.69) is 15.5 Å². The summed E-state index contributed by atoms with van der Waals surface area (Å²) in [4.78, 5) is 31.1. The Morgan fingerprint density at radius 1 is 1.29 bits per heavy atom. The van der Waals surface area contributed by atoms with Crippen LogP contribution in [0.15, 0.2) is 22.0 Å². The summed E-state index contributed by atoms with van der Waals surface area (Å²) in [6.45, 7) is 9.06. The van der Waals surface area contributed by atoms with Gasteiger partial charge in [0.2, 0.25) is 11.7 Å². The van der Waals surface area contributed by atoms with Gasteiger partial charge in [0.15, 0.2) is 6.61 Å². The number of aryl methyl sites for hydroxylation is 1. The maximum atomic E-state index is 12.7. The molecule has 148 valence electrons. The van der Waals surface area contributed by atoms with Gasteiger partial charge in [0, 0.05) is 10.3 Å². The topological polar surface area (TPSA) is 94.3 Å². The summed E-state index contributed by atoms with van der Waals surface area (Å²) in [6.07, 6.45) is 0. The maximum absolute atomic E-state index is 12.7. The molecule has 7 nitrogen and oxygen atoms in total. The van der Waals surface area contributed by atoms with Crippen molar-refractivity contribution in [1.82, 2.24) is 10.1 Å². The van der Waals surface area contributed by atoms with Crippen LogP contribution in [-0.4, -0.2) is 22.0 Å². The molecule has 9 heteroatoms. The molecule has 0 aliphatic heterocycles. The summed E-state index contributed by atoms with van der Waals surface area (Å²) in [5, 5.41) is 9.09. The Morgan fingerprint density at radius 2 is 2.04 bits per heavy atom. The molecule has 3 aromatic rings. The molecule has 0 bridgehead atoms. The minimum atomic E-state index is -0.574. The van der Waals surface area contributed by atoms with Crippen LogP contribution in [0, 0.1) is 19.3 Å². The van der Waals surface area contributed by atoms with E-state index in [-0.39, 0.29) is 18.3 Å². The van der Waals surface area contributed by atoms with Crippen molar-refractivity contribution in [1.29, 1.82) is 0 Å². The van der Waals surface area contributed by atoms with E-state index in [1.165, 1.54) is 22.7 Å². The highest BCUT2D eigenvalue weighted by Crippen LogP contribution is 2.34. The van der Waals surface area contributed by atoms with Crippen LogP contribution in [0.2, 0.25) is 0 Å². The SMILES string of the molecule is Cc1sc(NC(=O)C(C)(C)C)c(C(=O)OCc2noc(-c3cccs3)n2)c1C. The first kappa shape index (κ1) is 20.2. The Morgan fingerprint density at radius 3 is 2.68 bits per heavy atom. The normalized spacial score (nSPS) is 11.5. The van der Waals surface area contributed by atoms with Crippen molar-refractivity contribution in [2.45, 2.75) is 41.2 Å². The number of rotatable bonds is 5. The van der Waals surface area contributed by atoms with Crippen LogP contribution < -0.4 is 5.32 Å². The third kappa shape index (κ3) is 4.31. The lowest BCUT2D eigenvalue weighted by atomic mass is 9.96. The Hall–Kier alpha value is -2.52. The van der Waals surface area contributed by atoms with Gasteiger partial charge in [0.1, 0.15) is 5.00 Å². The van der Waals surface area contributed by atoms with Crippen molar-refractivity contribution in [3.63, 3.8) is 0 Å². The molecule has 0 atom stereocenters. The van der Waals surface area contributed by atoms with Crippen molar-refractivity contribution in [2.75, 3.05) is 5.32 Å². The fourth-order valence-electron chi connectivity index (χ4n) is 2.27. The molecule has 0 aliphatic rings. The molecule has 0 fully saturated rings. The quantitative estimate of drug-likeness (QED) is 0.596. The number of anilines is 1. The van der Waals surface area contributed by atoms with E-state index in [0.29, 0.717) is 16.5 Å². The van der Waals surface area contributed by atoms with Crippen LogP contribution in [-0.2, 0) is 16.1 Å². The monoisotopic (exact) mass is 419 g/mol. The average molecular weight is 420 g/mol. The molecule has 0 aromatic carbocycles.